The van der Waals surface area contributed by atoms with E-state index >= 15 is 0 Å². The fraction of sp³-hybridized carbons (Fsp3) is 0.684. The van der Waals surface area contributed by atoms with Gasteiger partial charge in [-0.3, -0.25) is 4.98 Å². The Bertz CT molecular complexity index is 466. The van der Waals surface area contributed by atoms with Gasteiger partial charge in [-0.2, -0.15) is 0 Å². The van der Waals surface area contributed by atoms with Gasteiger partial charge in [0, 0.05) is 20.0 Å². The topological polar surface area (TPSA) is 12.9 Å². The molecule has 1 aromatic heterocycles. The van der Waals surface area contributed by atoms with Crippen molar-refractivity contribution in [1.82, 2.24) is 4.98 Å². The third kappa shape index (κ3) is 6.03. The Morgan fingerprint density at radius 2 is 1.75 bits per heavy atom. The summed E-state index contributed by atoms with van der Waals surface area (Å²) in [6.45, 7) is 7.77. The first-order valence-corrected chi connectivity index (χ1v) is 15.8. The Morgan fingerprint density at radius 3 is 2.29 bits per heavy atom. The molecule has 5 heteroatoms. The van der Waals surface area contributed by atoms with Crippen LogP contribution in [0.5, 0.6) is 0 Å². The van der Waals surface area contributed by atoms with Crippen molar-refractivity contribution in [2.45, 2.75) is 63.7 Å². The molecule has 2 saturated carbocycles. The summed E-state index contributed by atoms with van der Waals surface area (Å²) in [4.78, 5) is 4.58. The molecule has 2 aliphatic carbocycles. The summed E-state index contributed by atoms with van der Waals surface area (Å²) in [5.74, 6) is 2.96. The number of rotatable bonds is 3. The molecule has 0 aliphatic heterocycles. The second-order valence-electron chi connectivity index (χ2n) is 8.16. The number of hydrogen-bond acceptors (Lipinski definition) is 1. The Labute approximate surface area is 165 Å². The molecule has 0 aromatic carbocycles. The minimum atomic E-state index is -1.01. The van der Waals surface area contributed by atoms with Crippen molar-refractivity contribution in [1.29, 1.82) is 0 Å². The first-order chi connectivity index (χ1) is 11.0. The zero-order valence-electron chi connectivity index (χ0n) is 15.5. The fourth-order valence-electron chi connectivity index (χ4n) is 4.97. The van der Waals surface area contributed by atoms with Gasteiger partial charge in [0.05, 0.1) is 0 Å². The summed E-state index contributed by atoms with van der Waals surface area (Å²) in [7, 11) is 8.64. The van der Waals surface area contributed by atoms with Gasteiger partial charge in [-0.05, 0) is 54.7 Å². The van der Waals surface area contributed by atoms with Crippen LogP contribution in [-0.4, -0.2) is 13.1 Å². The summed E-state index contributed by atoms with van der Waals surface area (Å²) in [5, 5.41) is 0. The zero-order chi connectivity index (χ0) is 16.9. The molecule has 4 atom stereocenters. The summed E-state index contributed by atoms with van der Waals surface area (Å²) >= 11 is -0.181. The van der Waals surface area contributed by atoms with Crippen molar-refractivity contribution in [3.05, 3.63) is 37.5 Å². The van der Waals surface area contributed by atoms with Gasteiger partial charge < -0.3 is 7.43 Å². The molecule has 0 saturated heterocycles. The molecule has 2 fully saturated rings. The molecule has 0 radical (unpaired) electrons. The Morgan fingerprint density at radius 1 is 1.12 bits per heavy atom. The van der Waals surface area contributed by atoms with Crippen LogP contribution in [-0.2, 0) is 19.8 Å². The molecule has 137 valence electrons. The molecule has 24 heavy (non-hydrogen) atoms. The van der Waals surface area contributed by atoms with Crippen molar-refractivity contribution in [3.8, 4) is 0 Å². The molecule has 1 aromatic rings. The number of nitrogens with zero attached hydrogens (tertiary/aromatic N) is 1. The fourth-order valence-corrected chi connectivity index (χ4v) is 7.68. The second kappa shape index (κ2) is 10.6. The van der Waals surface area contributed by atoms with Crippen molar-refractivity contribution in [3.63, 3.8) is 0 Å². The van der Waals surface area contributed by atoms with E-state index in [0.29, 0.717) is 0 Å². The molecule has 3 rings (SSSR count). The number of fused-ring (bicyclic) bond motifs is 1. The van der Waals surface area contributed by atoms with Crippen LogP contribution in [0.25, 0.3) is 0 Å². The van der Waals surface area contributed by atoms with Gasteiger partial charge in [0.15, 0.2) is 0 Å². The SMILES string of the molecule is C[Si](C)(C)C1CC(Cc2ccccn2)C2CCCCC21.[CH3-].[Cl][Cr+][Cl]. The van der Waals surface area contributed by atoms with E-state index in [0.717, 1.165) is 23.3 Å². The first-order valence-electron chi connectivity index (χ1n) is 8.76. The molecule has 1 nitrogen and oxygen atoms in total. The van der Waals surface area contributed by atoms with Crippen LogP contribution in [0.15, 0.2) is 24.4 Å². The van der Waals surface area contributed by atoms with Crippen LogP contribution >= 0.6 is 20.1 Å². The van der Waals surface area contributed by atoms with E-state index in [4.69, 9.17) is 20.1 Å². The predicted octanol–water partition coefficient (Wildman–Crippen LogP) is 6.99. The maximum absolute atomic E-state index is 4.83. The van der Waals surface area contributed by atoms with E-state index in [-0.39, 0.29) is 20.8 Å². The third-order valence-corrected chi connectivity index (χ3v) is 8.75. The average Bonchev–Trinajstić information content (AvgIpc) is 2.88. The number of halogens is 2. The molecule has 2 aliphatic rings. The monoisotopic (exact) mass is 424 g/mol. The minimum absolute atomic E-state index is 0. The van der Waals surface area contributed by atoms with Crippen LogP contribution in [0.1, 0.15) is 37.8 Å². The normalized spacial score (nSPS) is 28.9. The second-order valence-corrected chi connectivity index (χ2v) is 15.7. The summed E-state index contributed by atoms with van der Waals surface area (Å²) in [6, 6.07) is 6.40. The molecule has 1 heterocycles. The standard InChI is InChI=1S/C18H29NSi.CH3.2ClH.Cr/c1-20(2,3)18-13-14(12-15-8-6-7-11-19-15)16-9-4-5-10-17(16)18;;;;/h6-8,11,14,16-18H,4-5,9-10,12-13H2,1-3H3;1H3;2*1H;/q;-1;;;+3/p-2. The van der Waals surface area contributed by atoms with Crippen LogP contribution in [0.3, 0.4) is 0 Å². The van der Waals surface area contributed by atoms with Crippen LogP contribution in [0.2, 0.25) is 25.2 Å². The number of aromatic nitrogens is 1. The quantitative estimate of drug-likeness (QED) is 0.376. The predicted molar refractivity (Wildman–Crippen MR) is 107 cm³/mol. The van der Waals surface area contributed by atoms with Gasteiger partial charge in [0.1, 0.15) is 0 Å². The maximum atomic E-state index is 4.83. The molecule has 0 spiro atoms. The van der Waals surface area contributed by atoms with Crippen LogP contribution in [0.4, 0.5) is 0 Å². The van der Waals surface area contributed by atoms with E-state index in [9.17, 15) is 0 Å². The van der Waals surface area contributed by atoms with Crippen LogP contribution < -0.4 is 0 Å². The summed E-state index contributed by atoms with van der Waals surface area (Å²) in [5.41, 5.74) is 2.37. The molecule has 0 amide bonds. The van der Waals surface area contributed by atoms with Gasteiger partial charge in [-0.1, -0.05) is 45.0 Å². The van der Waals surface area contributed by atoms with E-state index < -0.39 is 8.07 Å². The van der Waals surface area contributed by atoms with Crippen molar-refractivity contribution in [2.75, 3.05) is 0 Å². The molecular formula is C19H32Cl2CrNSi. The van der Waals surface area contributed by atoms with Gasteiger partial charge in [-0.15, -0.1) is 0 Å². The molecular weight excluding hydrogens is 393 g/mol. The van der Waals surface area contributed by atoms with Gasteiger partial charge >= 0.3 is 33.5 Å². The van der Waals surface area contributed by atoms with Gasteiger partial charge in [0.25, 0.3) is 0 Å². The summed E-state index contributed by atoms with van der Waals surface area (Å²) < 4.78 is 0. The Kier molecular flexibility index (Phi) is 9.93. The van der Waals surface area contributed by atoms with Crippen LogP contribution in [0, 0.1) is 25.2 Å². The first kappa shape index (κ1) is 22.5. The van der Waals surface area contributed by atoms with Crippen molar-refractivity contribution >= 4 is 28.2 Å². The van der Waals surface area contributed by atoms with Crippen molar-refractivity contribution < 1.29 is 13.4 Å². The van der Waals surface area contributed by atoms with E-state index in [2.05, 4.69) is 36.8 Å². The Balaban J connectivity index is 0.000000671. The number of pyridine rings is 1. The molecule has 0 bridgehead atoms. The molecule has 0 N–H and O–H groups in total. The zero-order valence-corrected chi connectivity index (χ0v) is 19.3. The Hall–Kier alpha value is 0.479. The van der Waals surface area contributed by atoms with E-state index in [1.54, 1.807) is 0 Å². The van der Waals surface area contributed by atoms with Crippen molar-refractivity contribution in [2.24, 2.45) is 17.8 Å². The third-order valence-electron chi connectivity index (χ3n) is 5.86. The molecule has 4 unspecified atom stereocenters. The summed E-state index contributed by atoms with van der Waals surface area (Å²) in [6.07, 6.45) is 10.6. The number of hydrogen-bond donors (Lipinski definition) is 0. The van der Waals surface area contributed by atoms with Gasteiger partial charge in [-0.25, -0.2) is 0 Å². The van der Waals surface area contributed by atoms with E-state index in [1.807, 2.05) is 12.3 Å². The average molecular weight is 425 g/mol. The van der Waals surface area contributed by atoms with Gasteiger partial charge in [0.2, 0.25) is 0 Å². The van der Waals surface area contributed by atoms with E-state index in [1.165, 1.54) is 44.2 Å².